The normalized spacial score (nSPS) is 12.2. The van der Waals surface area contributed by atoms with Gasteiger partial charge < -0.3 is 19.7 Å². The number of ether oxygens (including phenoxy) is 2. The largest absolute Gasteiger partial charge is 0.354 e. The Hall–Kier alpha value is -1.76. The van der Waals surface area contributed by atoms with E-state index in [9.17, 15) is 9.59 Å². The van der Waals surface area contributed by atoms with Crippen LogP contribution in [-0.2, 0) is 25.5 Å². The van der Waals surface area contributed by atoms with Crippen molar-refractivity contribution in [3.8, 4) is 0 Å². The Morgan fingerprint density at radius 2 is 1.78 bits per heavy atom. The lowest BCUT2D eigenvalue weighted by Gasteiger charge is -2.29. The molecule has 6 nitrogen and oxygen atoms in total. The zero-order valence-electron chi connectivity index (χ0n) is 14.2. The molecule has 0 aliphatic heterocycles. The fraction of sp³-hybridized carbons (Fsp3) is 0.529. The predicted octanol–water partition coefficient (Wildman–Crippen LogP) is 0.854. The van der Waals surface area contributed by atoms with Crippen LogP contribution in [0.25, 0.3) is 0 Å². The summed E-state index contributed by atoms with van der Waals surface area (Å²) < 4.78 is 10.3. The molecule has 128 valence electrons. The smallest absolute Gasteiger partial charge is 0.240 e. The molecule has 23 heavy (non-hydrogen) atoms. The topological polar surface area (TPSA) is 67.9 Å². The molecule has 0 saturated heterocycles. The van der Waals surface area contributed by atoms with Gasteiger partial charge in [0, 0.05) is 14.2 Å². The molecule has 1 atom stereocenters. The second-order valence-electron chi connectivity index (χ2n) is 5.35. The Morgan fingerprint density at radius 1 is 1.17 bits per heavy atom. The van der Waals surface area contributed by atoms with Gasteiger partial charge in [0.25, 0.3) is 0 Å². The highest BCUT2D eigenvalue weighted by Crippen LogP contribution is 2.08. The van der Waals surface area contributed by atoms with Gasteiger partial charge in [-0.2, -0.15) is 0 Å². The van der Waals surface area contributed by atoms with E-state index in [-0.39, 0.29) is 24.8 Å². The minimum atomic E-state index is -0.562. The highest BCUT2D eigenvalue weighted by molar-refractivity contribution is 5.87. The number of rotatable bonds is 10. The monoisotopic (exact) mass is 322 g/mol. The van der Waals surface area contributed by atoms with E-state index in [1.165, 1.54) is 26.0 Å². The highest BCUT2D eigenvalue weighted by Gasteiger charge is 2.26. The molecule has 0 fully saturated rings. The standard InChI is InChI=1S/C17H26N2O4/c1-13(20)11-19(12-16(22-3)23-4)17(21)15(18-2)10-14-8-6-5-7-9-14/h5-9,15-16,18H,10-12H2,1-4H3/t15-/m0/s1. The number of hydrogen-bond acceptors (Lipinski definition) is 5. The van der Waals surface area contributed by atoms with Crippen LogP contribution in [0, 0.1) is 0 Å². The molecule has 1 aromatic rings. The van der Waals surface area contributed by atoms with Crippen LogP contribution in [0.3, 0.4) is 0 Å². The average molecular weight is 322 g/mol. The van der Waals surface area contributed by atoms with Gasteiger partial charge in [-0.3, -0.25) is 9.59 Å². The van der Waals surface area contributed by atoms with Gasteiger partial charge in [-0.1, -0.05) is 30.3 Å². The third-order valence-corrected chi connectivity index (χ3v) is 3.55. The first-order valence-electron chi connectivity index (χ1n) is 7.56. The van der Waals surface area contributed by atoms with Gasteiger partial charge in [0.15, 0.2) is 6.29 Å². The summed E-state index contributed by atoms with van der Waals surface area (Å²) in [5, 5.41) is 3.03. The average Bonchev–Trinajstić information content (AvgIpc) is 2.56. The number of nitrogens with one attached hydrogen (secondary N) is 1. The van der Waals surface area contributed by atoms with Crippen molar-refractivity contribution < 1.29 is 19.1 Å². The quantitative estimate of drug-likeness (QED) is 0.647. The van der Waals surface area contributed by atoms with E-state index < -0.39 is 12.3 Å². The second-order valence-corrected chi connectivity index (χ2v) is 5.35. The van der Waals surface area contributed by atoms with Crippen molar-refractivity contribution in [1.29, 1.82) is 0 Å². The maximum atomic E-state index is 12.8. The van der Waals surface area contributed by atoms with Crippen LogP contribution in [0.15, 0.2) is 30.3 Å². The summed E-state index contributed by atoms with van der Waals surface area (Å²) in [4.78, 5) is 25.7. The summed E-state index contributed by atoms with van der Waals surface area (Å²) >= 11 is 0. The Balaban J connectivity index is 2.84. The lowest BCUT2D eigenvalue weighted by molar-refractivity contribution is -0.149. The van der Waals surface area contributed by atoms with Crippen LogP contribution in [0.1, 0.15) is 12.5 Å². The minimum absolute atomic E-state index is 0.0367. The zero-order chi connectivity index (χ0) is 17.2. The molecule has 1 aromatic carbocycles. The summed E-state index contributed by atoms with van der Waals surface area (Å²) in [5.74, 6) is -0.232. The molecule has 0 unspecified atom stereocenters. The van der Waals surface area contributed by atoms with E-state index in [1.807, 2.05) is 30.3 Å². The summed E-state index contributed by atoms with van der Waals surface area (Å²) in [5.41, 5.74) is 1.05. The van der Waals surface area contributed by atoms with Crippen LogP contribution in [-0.4, -0.2) is 63.3 Å². The first-order chi connectivity index (χ1) is 11.0. The van der Waals surface area contributed by atoms with Gasteiger partial charge in [-0.15, -0.1) is 0 Å². The molecule has 1 rings (SSSR count). The number of Topliss-reactive ketones (excluding diaryl/α,β-unsaturated/α-hetero) is 1. The maximum Gasteiger partial charge on any atom is 0.240 e. The number of benzene rings is 1. The van der Waals surface area contributed by atoms with E-state index in [2.05, 4.69) is 5.32 Å². The summed E-state index contributed by atoms with van der Waals surface area (Å²) in [6.07, 6.45) is -0.0117. The Kier molecular flexibility index (Phi) is 8.47. The summed E-state index contributed by atoms with van der Waals surface area (Å²) in [6, 6.07) is 9.34. The summed E-state index contributed by atoms with van der Waals surface area (Å²) in [7, 11) is 4.75. The van der Waals surface area contributed by atoms with Crippen molar-refractivity contribution in [2.75, 3.05) is 34.4 Å². The minimum Gasteiger partial charge on any atom is -0.354 e. The van der Waals surface area contributed by atoms with Crippen LogP contribution < -0.4 is 5.32 Å². The number of nitrogens with zero attached hydrogens (tertiary/aromatic N) is 1. The number of methoxy groups -OCH3 is 2. The molecule has 0 aliphatic carbocycles. The molecule has 0 heterocycles. The third-order valence-electron chi connectivity index (χ3n) is 3.55. The van der Waals surface area contributed by atoms with Gasteiger partial charge in [0.1, 0.15) is 5.78 Å². The second kappa shape index (κ2) is 10.1. The van der Waals surface area contributed by atoms with Crippen molar-refractivity contribution in [2.24, 2.45) is 0 Å². The fourth-order valence-electron chi connectivity index (χ4n) is 2.31. The Labute approximate surface area is 137 Å². The van der Waals surface area contributed by atoms with E-state index in [4.69, 9.17) is 9.47 Å². The van der Waals surface area contributed by atoms with Crippen LogP contribution >= 0.6 is 0 Å². The lowest BCUT2D eigenvalue weighted by atomic mass is 10.0. The molecule has 1 amide bonds. The molecule has 1 N–H and O–H groups in total. The van der Waals surface area contributed by atoms with Gasteiger partial charge >= 0.3 is 0 Å². The number of likely N-dealkylation sites (N-methyl/N-ethyl adjacent to an activating group) is 1. The van der Waals surface area contributed by atoms with Crippen LogP contribution in [0.4, 0.5) is 0 Å². The number of carbonyl (C=O) groups excluding carboxylic acids is 2. The zero-order valence-corrected chi connectivity index (χ0v) is 14.2. The Bertz CT molecular complexity index is 489. The first kappa shape index (κ1) is 19.3. The van der Waals surface area contributed by atoms with Crippen LogP contribution in [0.5, 0.6) is 0 Å². The SMILES string of the molecule is CN[C@@H](Cc1ccccc1)C(=O)N(CC(C)=O)CC(OC)OC. The highest BCUT2D eigenvalue weighted by atomic mass is 16.7. The van der Waals surface area contributed by atoms with E-state index >= 15 is 0 Å². The molecule has 0 aromatic heterocycles. The van der Waals surface area contributed by atoms with Crippen LogP contribution in [0.2, 0.25) is 0 Å². The number of ketones is 1. The van der Waals surface area contributed by atoms with Gasteiger partial charge in [0.2, 0.25) is 5.91 Å². The molecule has 6 heteroatoms. The molecule has 0 radical (unpaired) electrons. The van der Waals surface area contributed by atoms with Gasteiger partial charge in [-0.25, -0.2) is 0 Å². The van der Waals surface area contributed by atoms with E-state index in [0.29, 0.717) is 6.42 Å². The molecule has 0 saturated carbocycles. The molecule has 0 aliphatic rings. The fourth-order valence-corrected chi connectivity index (χ4v) is 2.31. The molecule has 0 bridgehead atoms. The third kappa shape index (κ3) is 6.48. The van der Waals surface area contributed by atoms with Crippen molar-refractivity contribution in [3.05, 3.63) is 35.9 Å². The number of amides is 1. The first-order valence-corrected chi connectivity index (χ1v) is 7.56. The van der Waals surface area contributed by atoms with Crippen molar-refractivity contribution >= 4 is 11.7 Å². The molecular weight excluding hydrogens is 296 g/mol. The van der Waals surface area contributed by atoms with Crippen molar-refractivity contribution in [2.45, 2.75) is 25.7 Å². The maximum absolute atomic E-state index is 12.8. The van der Waals surface area contributed by atoms with Gasteiger partial charge in [-0.05, 0) is 26.0 Å². The Morgan fingerprint density at radius 3 is 2.26 bits per heavy atom. The predicted molar refractivity (Wildman–Crippen MR) is 88.1 cm³/mol. The van der Waals surface area contributed by atoms with E-state index in [1.54, 1.807) is 7.05 Å². The molecular formula is C17H26N2O4. The van der Waals surface area contributed by atoms with Crippen molar-refractivity contribution in [1.82, 2.24) is 10.2 Å². The van der Waals surface area contributed by atoms with Crippen molar-refractivity contribution in [3.63, 3.8) is 0 Å². The number of hydrogen-bond donors (Lipinski definition) is 1. The molecule has 0 spiro atoms. The summed E-state index contributed by atoms with van der Waals surface area (Å²) in [6.45, 7) is 1.70. The number of carbonyl (C=O) groups is 2. The lowest BCUT2D eigenvalue weighted by Crippen LogP contribution is -2.50. The van der Waals surface area contributed by atoms with Gasteiger partial charge in [0.05, 0.1) is 19.1 Å². The van der Waals surface area contributed by atoms with E-state index in [0.717, 1.165) is 5.56 Å².